The van der Waals surface area contributed by atoms with Gasteiger partial charge in [-0.1, -0.05) is 19.9 Å². The highest BCUT2D eigenvalue weighted by atomic mass is 32.2. The summed E-state index contributed by atoms with van der Waals surface area (Å²) in [5, 5.41) is 3.85. The fraction of sp³-hybridized carbons (Fsp3) is 0.667. The summed E-state index contributed by atoms with van der Waals surface area (Å²) >= 11 is 2.08. The second-order valence-electron chi connectivity index (χ2n) is 5.52. The normalized spacial score (nSPS) is 19.1. The summed E-state index contributed by atoms with van der Waals surface area (Å²) in [6, 6.07) is 5.40. The fourth-order valence-electron chi connectivity index (χ4n) is 2.50. The summed E-state index contributed by atoms with van der Waals surface area (Å²) < 4.78 is 0. The molecule has 1 aromatic rings. The minimum Gasteiger partial charge on any atom is -0.307 e. The molecule has 1 aliphatic heterocycles. The van der Waals surface area contributed by atoms with Crippen molar-refractivity contribution in [2.24, 2.45) is 5.92 Å². The lowest BCUT2D eigenvalue weighted by Crippen LogP contribution is -2.36. The molecule has 1 N–H and O–H groups in total. The number of aromatic nitrogens is 1. The van der Waals surface area contributed by atoms with Crippen molar-refractivity contribution in [2.45, 2.75) is 45.2 Å². The van der Waals surface area contributed by atoms with E-state index in [-0.39, 0.29) is 0 Å². The van der Waals surface area contributed by atoms with Crippen LogP contribution in [0.1, 0.15) is 44.7 Å². The van der Waals surface area contributed by atoms with Crippen molar-refractivity contribution < 1.29 is 0 Å². The zero-order chi connectivity index (χ0) is 12.8. The van der Waals surface area contributed by atoms with Crippen molar-refractivity contribution in [1.82, 2.24) is 10.3 Å². The number of hydrogen-bond acceptors (Lipinski definition) is 3. The topological polar surface area (TPSA) is 24.9 Å². The lowest BCUT2D eigenvalue weighted by atomic mass is 9.96. The third kappa shape index (κ3) is 4.29. The van der Waals surface area contributed by atoms with Crippen molar-refractivity contribution in [3.63, 3.8) is 0 Å². The van der Waals surface area contributed by atoms with Crippen molar-refractivity contribution in [2.75, 3.05) is 11.5 Å². The van der Waals surface area contributed by atoms with Gasteiger partial charge in [-0.15, -0.1) is 0 Å². The number of hydrogen-bond donors (Lipinski definition) is 1. The van der Waals surface area contributed by atoms with Crippen LogP contribution in [-0.2, 0) is 0 Å². The van der Waals surface area contributed by atoms with Gasteiger partial charge < -0.3 is 5.32 Å². The first-order chi connectivity index (χ1) is 8.75. The summed E-state index contributed by atoms with van der Waals surface area (Å²) in [5.41, 5.74) is 1.34. The minimum atomic E-state index is 0.465. The van der Waals surface area contributed by atoms with E-state index in [0.717, 1.165) is 0 Å². The van der Waals surface area contributed by atoms with Crippen molar-refractivity contribution >= 4 is 11.8 Å². The van der Waals surface area contributed by atoms with Crippen LogP contribution in [0.3, 0.4) is 0 Å². The van der Waals surface area contributed by atoms with E-state index in [1.165, 1.54) is 36.3 Å². The zero-order valence-corrected chi connectivity index (χ0v) is 12.2. The van der Waals surface area contributed by atoms with Crippen molar-refractivity contribution in [3.05, 3.63) is 30.1 Å². The Morgan fingerprint density at radius 1 is 1.39 bits per heavy atom. The van der Waals surface area contributed by atoms with E-state index < -0.39 is 0 Å². The number of nitrogens with zero attached hydrogens (tertiary/aromatic N) is 1. The van der Waals surface area contributed by atoms with Gasteiger partial charge in [-0.25, -0.2) is 0 Å². The molecule has 2 nitrogen and oxygen atoms in total. The average molecular weight is 264 g/mol. The lowest BCUT2D eigenvalue weighted by molar-refractivity contribution is 0.364. The second kappa shape index (κ2) is 7.15. The van der Waals surface area contributed by atoms with Gasteiger partial charge in [-0.05, 0) is 48.3 Å². The maximum absolute atomic E-state index is 4.26. The lowest BCUT2D eigenvalue weighted by Gasteiger charge is -2.29. The van der Waals surface area contributed by atoms with Gasteiger partial charge in [0.15, 0.2) is 0 Å². The van der Waals surface area contributed by atoms with E-state index in [2.05, 4.69) is 42.0 Å². The highest BCUT2D eigenvalue weighted by molar-refractivity contribution is 7.99. The maximum atomic E-state index is 4.26. The first kappa shape index (κ1) is 13.9. The molecule has 0 bridgehead atoms. The minimum absolute atomic E-state index is 0.465. The van der Waals surface area contributed by atoms with E-state index >= 15 is 0 Å². The average Bonchev–Trinajstić information content (AvgIpc) is 2.40. The number of rotatable bonds is 5. The van der Waals surface area contributed by atoms with Gasteiger partial charge in [0.1, 0.15) is 0 Å². The van der Waals surface area contributed by atoms with Crippen molar-refractivity contribution in [1.29, 1.82) is 0 Å². The van der Waals surface area contributed by atoms with Gasteiger partial charge in [0.2, 0.25) is 0 Å². The molecule has 2 heterocycles. The van der Waals surface area contributed by atoms with Crippen molar-refractivity contribution in [3.8, 4) is 0 Å². The summed E-state index contributed by atoms with van der Waals surface area (Å²) in [5.74, 6) is 3.32. The van der Waals surface area contributed by atoms with Gasteiger partial charge in [0.05, 0.1) is 0 Å². The van der Waals surface area contributed by atoms with E-state index in [1.807, 2.05) is 18.5 Å². The molecule has 3 heteroatoms. The maximum Gasteiger partial charge on any atom is 0.0340 e. The standard InChI is InChI=1S/C15H24N2S/c1-12(2)10-15(13-4-3-7-16-11-13)17-14-5-8-18-9-6-14/h3-4,7,11-12,14-15,17H,5-6,8-10H2,1-2H3/t15-/m1/s1. The van der Waals surface area contributed by atoms with Crippen LogP contribution in [0.15, 0.2) is 24.5 Å². The SMILES string of the molecule is CC(C)C[C@@H](NC1CCSCC1)c1cccnc1. The molecule has 1 aliphatic rings. The van der Waals surface area contributed by atoms with E-state index in [4.69, 9.17) is 0 Å². The van der Waals surface area contributed by atoms with Gasteiger partial charge >= 0.3 is 0 Å². The molecule has 100 valence electrons. The summed E-state index contributed by atoms with van der Waals surface area (Å²) in [6.45, 7) is 4.59. The Morgan fingerprint density at radius 2 is 2.17 bits per heavy atom. The Hall–Kier alpha value is -0.540. The number of pyridine rings is 1. The summed E-state index contributed by atoms with van der Waals surface area (Å²) in [7, 11) is 0. The Bertz CT molecular complexity index is 334. The van der Waals surface area contributed by atoms with Crippen LogP contribution in [0.5, 0.6) is 0 Å². The largest absolute Gasteiger partial charge is 0.307 e. The highest BCUT2D eigenvalue weighted by Gasteiger charge is 2.20. The monoisotopic (exact) mass is 264 g/mol. The van der Waals surface area contributed by atoms with Crippen LogP contribution in [0.25, 0.3) is 0 Å². The Kier molecular flexibility index (Phi) is 5.51. The molecule has 18 heavy (non-hydrogen) atoms. The van der Waals surface area contributed by atoms with Crippen LogP contribution in [0, 0.1) is 5.92 Å². The molecule has 0 spiro atoms. The molecule has 1 aromatic heterocycles. The third-order valence-corrected chi connectivity index (χ3v) is 4.50. The Balaban J connectivity index is 2.00. The fourth-order valence-corrected chi connectivity index (χ4v) is 3.61. The van der Waals surface area contributed by atoms with E-state index in [0.29, 0.717) is 18.0 Å². The summed E-state index contributed by atoms with van der Waals surface area (Å²) in [4.78, 5) is 4.26. The van der Waals surface area contributed by atoms with Gasteiger partial charge in [-0.3, -0.25) is 4.98 Å². The molecule has 1 fully saturated rings. The highest BCUT2D eigenvalue weighted by Crippen LogP contribution is 2.25. The van der Waals surface area contributed by atoms with E-state index in [9.17, 15) is 0 Å². The molecule has 0 aliphatic carbocycles. The molecule has 0 radical (unpaired) electrons. The molecule has 0 amide bonds. The predicted octanol–water partition coefficient (Wildman–Crippen LogP) is 3.65. The molecular formula is C15H24N2S. The molecule has 0 saturated carbocycles. The van der Waals surface area contributed by atoms with Crippen LogP contribution in [0.4, 0.5) is 0 Å². The predicted molar refractivity (Wildman–Crippen MR) is 79.9 cm³/mol. The first-order valence-corrected chi connectivity index (χ1v) is 8.15. The second-order valence-corrected chi connectivity index (χ2v) is 6.75. The molecular weight excluding hydrogens is 240 g/mol. The van der Waals surface area contributed by atoms with Gasteiger partial charge in [-0.2, -0.15) is 11.8 Å². The van der Waals surface area contributed by atoms with Crippen LogP contribution >= 0.6 is 11.8 Å². The number of nitrogens with one attached hydrogen (secondary N) is 1. The Morgan fingerprint density at radius 3 is 2.78 bits per heavy atom. The quantitative estimate of drug-likeness (QED) is 0.878. The molecule has 1 atom stereocenters. The molecule has 0 unspecified atom stereocenters. The van der Waals surface area contributed by atoms with E-state index in [1.54, 1.807) is 0 Å². The van der Waals surface area contributed by atoms with Crippen LogP contribution < -0.4 is 5.32 Å². The zero-order valence-electron chi connectivity index (χ0n) is 11.4. The first-order valence-electron chi connectivity index (χ1n) is 6.99. The third-order valence-electron chi connectivity index (χ3n) is 3.45. The molecule has 2 rings (SSSR count). The van der Waals surface area contributed by atoms with Crippen LogP contribution in [0.2, 0.25) is 0 Å². The van der Waals surface area contributed by atoms with Crippen LogP contribution in [-0.4, -0.2) is 22.5 Å². The molecule has 0 aromatic carbocycles. The van der Waals surface area contributed by atoms with Gasteiger partial charge in [0.25, 0.3) is 0 Å². The molecule has 1 saturated heterocycles. The van der Waals surface area contributed by atoms with Gasteiger partial charge in [0, 0.05) is 24.5 Å². The number of thioether (sulfide) groups is 1. The smallest absolute Gasteiger partial charge is 0.0340 e. The summed E-state index contributed by atoms with van der Waals surface area (Å²) in [6.07, 6.45) is 7.67. The Labute approximate surface area is 115 Å².